The number of sulfonamides is 1. The molecule has 4 rings (SSSR count). The van der Waals surface area contributed by atoms with E-state index < -0.39 is 16.1 Å². The fourth-order valence-corrected chi connectivity index (χ4v) is 5.46. The fraction of sp³-hybridized carbons (Fsp3) is 0.296. The lowest BCUT2D eigenvalue weighted by atomic mass is 9.96. The minimum absolute atomic E-state index is 0.0511. The zero-order valence-electron chi connectivity index (χ0n) is 19.7. The summed E-state index contributed by atoms with van der Waals surface area (Å²) >= 11 is 5.99. The Bertz CT molecular complexity index is 1170. The summed E-state index contributed by atoms with van der Waals surface area (Å²) in [7, 11) is -3.50. The van der Waals surface area contributed by atoms with E-state index in [0.717, 1.165) is 19.3 Å². The van der Waals surface area contributed by atoms with Gasteiger partial charge in [-0.25, -0.2) is 13.1 Å². The molecule has 8 heteroatoms. The molecule has 184 valence electrons. The van der Waals surface area contributed by atoms with Crippen LogP contribution in [0.5, 0.6) is 0 Å². The molecule has 6 nitrogen and oxygen atoms in total. The summed E-state index contributed by atoms with van der Waals surface area (Å²) in [6.07, 6.45) is 1.15. The van der Waals surface area contributed by atoms with Crippen LogP contribution in [-0.4, -0.2) is 56.6 Å². The van der Waals surface area contributed by atoms with Crippen molar-refractivity contribution in [3.63, 3.8) is 0 Å². The van der Waals surface area contributed by atoms with Gasteiger partial charge in [0.25, 0.3) is 0 Å². The molecule has 0 bridgehead atoms. The van der Waals surface area contributed by atoms with Gasteiger partial charge in [-0.05, 0) is 28.8 Å². The summed E-state index contributed by atoms with van der Waals surface area (Å²) in [5.74, 6) is -0.0725. The SMILES string of the molecule is CS(=O)(=O)N[C@@H](CC(=O)N1CCN(C(c2ccccc2)c2ccccc2)CC1)c1ccc(Cl)cc1. The van der Waals surface area contributed by atoms with E-state index in [0.29, 0.717) is 23.7 Å². The Morgan fingerprint density at radius 3 is 1.83 bits per heavy atom. The van der Waals surface area contributed by atoms with Gasteiger partial charge in [-0.1, -0.05) is 84.4 Å². The molecule has 1 aliphatic heterocycles. The van der Waals surface area contributed by atoms with Crippen LogP contribution in [0.25, 0.3) is 0 Å². The van der Waals surface area contributed by atoms with Crippen molar-refractivity contribution in [2.75, 3.05) is 32.4 Å². The lowest BCUT2D eigenvalue weighted by Crippen LogP contribution is -2.50. The number of rotatable bonds is 8. The molecule has 0 saturated carbocycles. The van der Waals surface area contributed by atoms with Gasteiger partial charge in [0.2, 0.25) is 15.9 Å². The van der Waals surface area contributed by atoms with Crippen molar-refractivity contribution < 1.29 is 13.2 Å². The number of carbonyl (C=O) groups is 1. The van der Waals surface area contributed by atoms with E-state index in [1.807, 2.05) is 17.0 Å². The molecule has 1 aliphatic rings. The smallest absolute Gasteiger partial charge is 0.224 e. The number of amides is 1. The summed E-state index contributed by atoms with van der Waals surface area (Å²) in [4.78, 5) is 17.4. The van der Waals surface area contributed by atoms with Crippen LogP contribution in [0, 0.1) is 0 Å². The second kappa shape index (κ2) is 11.4. The van der Waals surface area contributed by atoms with Gasteiger partial charge in [0.05, 0.1) is 18.3 Å². The van der Waals surface area contributed by atoms with Gasteiger partial charge < -0.3 is 4.90 Å². The molecule has 1 amide bonds. The topological polar surface area (TPSA) is 69.7 Å². The molecule has 0 aliphatic carbocycles. The predicted molar refractivity (Wildman–Crippen MR) is 140 cm³/mol. The second-order valence-electron chi connectivity index (χ2n) is 8.84. The number of nitrogens with zero attached hydrogens (tertiary/aromatic N) is 2. The van der Waals surface area contributed by atoms with Gasteiger partial charge in [0.15, 0.2) is 0 Å². The number of carbonyl (C=O) groups excluding carboxylic acids is 1. The molecule has 0 spiro atoms. The number of hydrogen-bond donors (Lipinski definition) is 1. The van der Waals surface area contributed by atoms with Crippen LogP contribution in [0.3, 0.4) is 0 Å². The van der Waals surface area contributed by atoms with Gasteiger partial charge in [-0.3, -0.25) is 9.69 Å². The minimum Gasteiger partial charge on any atom is -0.340 e. The highest BCUT2D eigenvalue weighted by Gasteiger charge is 2.29. The molecular weight excluding hydrogens is 482 g/mol. The average molecular weight is 512 g/mol. The van der Waals surface area contributed by atoms with Crippen LogP contribution in [-0.2, 0) is 14.8 Å². The normalized spacial score (nSPS) is 15.8. The predicted octanol–water partition coefficient (Wildman–Crippen LogP) is 4.25. The number of benzene rings is 3. The van der Waals surface area contributed by atoms with Gasteiger partial charge in [-0.2, -0.15) is 0 Å². The Morgan fingerprint density at radius 2 is 1.34 bits per heavy atom. The summed E-state index contributed by atoms with van der Waals surface area (Å²) < 4.78 is 26.5. The third-order valence-corrected chi connectivity index (χ3v) is 7.23. The van der Waals surface area contributed by atoms with E-state index in [4.69, 9.17) is 11.6 Å². The molecule has 1 atom stereocenters. The van der Waals surface area contributed by atoms with Crippen LogP contribution in [0.2, 0.25) is 5.02 Å². The molecule has 1 saturated heterocycles. The Kier molecular flexibility index (Phi) is 8.23. The van der Waals surface area contributed by atoms with Crippen molar-refractivity contribution in [2.24, 2.45) is 0 Å². The molecule has 0 unspecified atom stereocenters. The van der Waals surface area contributed by atoms with Crippen molar-refractivity contribution >= 4 is 27.5 Å². The number of halogens is 1. The van der Waals surface area contributed by atoms with Crippen LogP contribution < -0.4 is 4.72 Å². The lowest BCUT2D eigenvalue weighted by molar-refractivity contribution is -0.133. The highest BCUT2D eigenvalue weighted by Crippen LogP contribution is 2.30. The Hall–Kier alpha value is -2.71. The molecule has 35 heavy (non-hydrogen) atoms. The summed E-state index contributed by atoms with van der Waals surface area (Å²) in [5, 5.41) is 0.556. The fourth-order valence-electron chi connectivity index (χ4n) is 4.60. The standard InChI is InChI=1S/C27H30ClN3O3S/c1-35(33,34)29-25(21-12-14-24(28)15-13-21)20-26(32)30-16-18-31(19-17-30)27(22-8-4-2-5-9-22)23-10-6-3-7-11-23/h2-15,25,27,29H,16-20H2,1H3/t25-/m0/s1. The van der Waals surface area contributed by atoms with E-state index in [1.165, 1.54) is 11.1 Å². The highest BCUT2D eigenvalue weighted by atomic mass is 35.5. The van der Waals surface area contributed by atoms with Crippen LogP contribution >= 0.6 is 11.6 Å². The van der Waals surface area contributed by atoms with Gasteiger partial charge in [0, 0.05) is 37.6 Å². The molecule has 3 aromatic rings. The third kappa shape index (κ3) is 6.92. The molecule has 1 N–H and O–H groups in total. The van der Waals surface area contributed by atoms with Crippen molar-refractivity contribution in [1.82, 2.24) is 14.5 Å². The van der Waals surface area contributed by atoms with Crippen LogP contribution in [0.1, 0.15) is 35.2 Å². The van der Waals surface area contributed by atoms with E-state index >= 15 is 0 Å². The first-order chi connectivity index (χ1) is 16.8. The molecule has 0 radical (unpaired) electrons. The average Bonchev–Trinajstić information content (AvgIpc) is 2.85. The highest BCUT2D eigenvalue weighted by molar-refractivity contribution is 7.88. The maximum atomic E-state index is 13.2. The Labute approximate surface area is 212 Å². The number of piperazine rings is 1. The van der Waals surface area contributed by atoms with Gasteiger partial charge >= 0.3 is 0 Å². The van der Waals surface area contributed by atoms with Crippen molar-refractivity contribution in [1.29, 1.82) is 0 Å². The third-order valence-electron chi connectivity index (χ3n) is 6.27. The zero-order valence-corrected chi connectivity index (χ0v) is 21.3. The first kappa shape index (κ1) is 25.4. The molecule has 1 heterocycles. The summed E-state index contributed by atoms with van der Waals surface area (Å²) in [5.41, 5.74) is 3.15. The Balaban J connectivity index is 1.45. The number of nitrogens with one attached hydrogen (secondary N) is 1. The second-order valence-corrected chi connectivity index (χ2v) is 11.1. The van der Waals surface area contributed by atoms with E-state index in [2.05, 4.69) is 58.2 Å². The van der Waals surface area contributed by atoms with Crippen LogP contribution in [0.15, 0.2) is 84.9 Å². The molecule has 3 aromatic carbocycles. The quantitative estimate of drug-likeness (QED) is 0.491. The molecular formula is C27H30ClN3O3S. The first-order valence-electron chi connectivity index (χ1n) is 11.6. The largest absolute Gasteiger partial charge is 0.340 e. The van der Waals surface area contributed by atoms with E-state index in [1.54, 1.807) is 24.3 Å². The number of hydrogen-bond acceptors (Lipinski definition) is 4. The monoisotopic (exact) mass is 511 g/mol. The van der Waals surface area contributed by atoms with Gasteiger partial charge in [-0.15, -0.1) is 0 Å². The van der Waals surface area contributed by atoms with E-state index in [9.17, 15) is 13.2 Å². The molecule has 0 aromatic heterocycles. The minimum atomic E-state index is -3.50. The maximum absolute atomic E-state index is 13.2. The van der Waals surface area contributed by atoms with Crippen molar-refractivity contribution in [3.05, 3.63) is 107 Å². The zero-order chi connectivity index (χ0) is 24.8. The maximum Gasteiger partial charge on any atom is 0.224 e. The van der Waals surface area contributed by atoms with Crippen LogP contribution in [0.4, 0.5) is 0 Å². The van der Waals surface area contributed by atoms with Crippen molar-refractivity contribution in [3.8, 4) is 0 Å². The lowest BCUT2D eigenvalue weighted by Gasteiger charge is -2.40. The Morgan fingerprint density at radius 1 is 0.829 bits per heavy atom. The van der Waals surface area contributed by atoms with Gasteiger partial charge in [0.1, 0.15) is 0 Å². The molecule has 1 fully saturated rings. The van der Waals surface area contributed by atoms with Crippen molar-refractivity contribution in [2.45, 2.75) is 18.5 Å². The first-order valence-corrected chi connectivity index (χ1v) is 13.9. The summed E-state index contributed by atoms with van der Waals surface area (Å²) in [6, 6.07) is 27.2. The summed E-state index contributed by atoms with van der Waals surface area (Å²) in [6.45, 7) is 2.62. The van der Waals surface area contributed by atoms with E-state index in [-0.39, 0.29) is 18.4 Å².